The minimum absolute atomic E-state index is 0.0805. The zero-order chi connectivity index (χ0) is 23.6. The Balaban J connectivity index is 1.37. The lowest BCUT2D eigenvalue weighted by Crippen LogP contribution is -2.41. The minimum Gasteiger partial charge on any atom is -0.494 e. The monoisotopic (exact) mass is 473 g/mol. The first-order valence-electron chi connectivity index (χ1n) is 10.9. The van der Waals surface area contributed by atoms with E-state index in [0.29, 0.717) is 36.6 Å². The van der Waals surface area contributed by atoms with E-state index < -0.39 is 16.1 Å². The zero-order valence-corrected chi connectivity index (χ0v) is 19.4. The predicted molar refractivity (Wildman–Crippen MR) is 123 cm³/mol. The van der Waals surface area contributed by atoms with Crippen molar-refractivity contribution >= 4 is 33.2 Å². The second-order valence-corrected chi connectivity index (χ2v) is 9.97. The van der Waals surface area contributed by atoms with Crippen LogP contribution in [0.2, 0.25) is 0 Å². The Morgan fingerprint density at radius 1 is 1.18 bits per heavy atom. The van der Waals surface area contributed by atoms with Gasteiger partial charge in [0, 0.05) is 24.7 Å². The molecule has 2 aromatic rings. The molecule has 1 fully saturated rings. The molecule has 2 aliphatic rings. The number of ether oxygens (including phenoxy) is 2. The first-order valence-corrected chi connectivity index (χ1v) is 12.4. The molecule has 1 saturated heterocycles. The smallest absolute Gasteiger partial charge is 0.265 e. The summed E-state index contributed by atoms with van der Waals surface area (Å²) in [7, 11) is -3.76. The van der Waals surface area contributed by atoms with Crippen molar-refractivity contribution < 1.29 is 27.5 Å². The number of benzene rings is 2. The van der Waals surface area contributed by atoms with E-state index in [9.17, 15) is 18.0 Å². The molecule has 0 saturated carbocycles. The van der Waals surface area contributed by atoms with Gasteiger partial charge in [-0.05, 0) is 69.2 Å². The Morgan fingerprint density at radius 3 is 2.55 bits per heavy atom. The van der Waals surface area contributed by atoms with Crippen LogP contribution in [0.15, 0.2) is 47.4 Å². The maximum atomic E-state index is 13.1. The summed E-state index contributed by atoms with van der Waals surface area (Å²) in [5, 5.41) is 5.56. The Hall–Kier alpha value is -3.11. The van der Waals surface area contributed by atoms with Crippen molar-refractivity contribution in [1.29, 1.82) is 0 Å². The molecule has 0 unspecified atom stereocenters. The molecular weight excluding hydrogens is 446 g/mol. The Labute approximate surface area is 193 Å². The summed E-state index contributed by atoms with van der Waals surface area (Å²) >= 11 is 0. The summed E-state index contributed by atoms with van der Waals surface area (Å²) in [4.78, 5) is 24.6. The second kappa shape index (κ2) is 9.40. The lowest BCUT2D eigenvalue weighted by Gasteiger charge is -2.31. The summed E-state index contributed by atoms with van der Waals surface area (Å²) in [6, 6.07) is 11.6. The van der Waals surface area contributed by atoms with Gasteiger partial charge in [0.2, 0.25) is 15.9 Å². The highest BCUT2D eigenvalue weighted by atomic mass is 32.2. The normalized spacial score (nSPS) is 19.2. The first kappa shape index (κ1) is 23.1. The Morgan fingerprint density at radius 2 is 1.88 bits per heavy atom. The van der Waals surface area contributed by atoms with Crippen molar-refractivity contribution in [2.24, 2.45) is 5.92 Å². The van der Waals surface area contributed by atoms with Crippen molar-refractivity contribution in [3.05, 3.63) is 42.5 Å². The van der Waals surface area contributed by atoms with Gasteiger partial charge in [-0.25, -0.2) is 8.42 Å². The van der Waals surface area contributed by atoms with Gasteiger partial charge in [-0.2, -0.15) is 4.31 Å². The van der Waals surface area contributed by atoms with E-state index in [4.69, 9.17) is 9.47 Å². The van der Waals surface area contributed by atoms with Crippen LogP contribution in [0.25, 0.3) is 0 Å². The fourth-order valence-corrected chi connectivity index (χ4v) is 5.40. The number of carbonyl (C=O) groups excluding carboxylic acids is 2. The summed E-state index contributed by atoms with van der Waals surface area (Å²) in [5.74, 6) is 0.443. The van der Waals surface area contributed by atoms with Crippen molar-refractivity contribution in [1.82, 2.24) is 4.31 Å². The van der Waals surface area contributed by atoms with Crippen LogP contribution < -0.4 is 20.1 Å². The van der Waals surface area contributed by atoms with Crippen LogP contribution in [0, 0.1) is 5.92 Å². The van der Waals surface area contributed by atoms with Gasteiger partial charge in [0.05, 0.1) is 17.2 Å². The average molecular weight is 474 g/mol. The molecule has 0 spiro atoms. The second-order valence-electron chi connectivity index (χ2n) is 8.03. The number of fused-ring (bicyclic) bond motifs is 1. The molecule has 33 heavy (non-hydrogen) atoms. The maximum absolute atomic E-state index is 13.1. The third-order valence-electron chi connectivity index (χ3n) is 5.78. The molecule has 0 aliphatic carbocycles. The molecule has 2 aromatic carbocycles. The quantitative estimate of drug-likeness (QED) is 0.667. The molecule has 1 atom stereocenters. The number of amides is 2. The van der Waals surface area contributed by atoms with Crippen LogP contribution in [0.4, 0.5) is 11.4 Å². The fraction of sp³-hybridized carbons (Fsp3) is 0.391. The molecule has 9 nitrogen and oxygen atoms in total. The van der Waals surface area contributed by atoms with Gasteiger partial charge in [-0.15, -0.1) is 0 Å². The topological polar surface area (TPSA) is 114 Å². The van der Waals surface area contributed by atoms with Gasteiger partial charge in [-0.3, -0.25) is 9.59 Å². The van der Waals surface area contributed by atoms with E-state index in [2.05, 4.69) is 10.6 Å². The molecule has 2 heterocycles. The molecule has 0 aromatic heterocycles. The minimum atomic E-state index is -3.76. The SMILES string of the molecule is CCOc1ccc(NC(=O)C2CCN(S(=O)(=O)c3ccc4c(c3)NC(=O)[C@H](C)O4)CC2)cc1. The van der Waals surface area contributed by atoms with Gasteiger partial charge < -0.3 is 20.1 Å². The maximum Gasteiger partial charge on any atom is 0.265 e. The molecule has 10 heteroatoms. The van der Waals surface area contributed by atoms with Crippen LogP contribution in [0.5, 0.6) is 11.5 Å². The summed E-state index contributed by atoms with van der Waals surface area (Å²) in [6.45, 7) is 4.57. The average Bonchev–Trinajstić information content (AvgIpc) is 2.81. The standard InChI is InChI=1S/C23H27N3O6S/c1-3-31-18-6-4-17(5-7-18)24-23(28)16-10-12-26(13-11-16)33(29,30)19-8-9-21-20(14-19)25-22(27)15(2)32-21/h4-9,14-16H,3,10-13H2,1-2H3,(H,24,28)(H,25,27)/t15-/m0/s1. The Bertz CT molecular complexity index is 1140. The van der Waals surface area contributed by atoms with Crippen LogP contribution in [0.3, 0.4) is 0 Å². The highest BCUT2D eigenvalue weighted by Gasteiger charge is 2.33. The van der Waals surface area contributed by atoms with Crippen molar-refractivity contribution in [2.45, 2.75) is 37.7 Å². The molecular formula is C23H27N3O6S. The molecule has 176 valence electrons. The number of piperidine rings is 1. The van der Waals surface area contributed by atoms with Crippen LogP contribution in [-0.2, 0) is 19.6 Å². The zero-order valence-electron chi connectivity index (χ0n) is 18.5. The number of carbonyl (C=O) groups is 2. The molecule has 4 rings (SSSR count). The molecule has 0 radical (unpaired) electrons. The third kappa shape index (κ3) is 4.96. The lowest BCUT2D eigenvalue weighted by molar-refractivity contribution is -0.123. The number of hydrogen-bond donors (Lipinski definition) is 2. The number of nitrogens with one attached hydrogen (secondary N) is 2. The molecule has 2 amide bonds. The fourth-order valence-electron chi connectivity index (χ4n) is 3.90. The predicted octanol–water partition coefficient (Wildman–Crippen LogP) is 2.84. The van der Waals surface area contributed by atoms with E-state index in [0.717, 1.165) is 5.75 Å². The van der Waals surface area contributed by atoms with Crippen molar-refractivity contribution in [3.8, 4) is 11.5 Å². The van der Waals surface area contributed by atoms with Gasteiger partial charge >= 0.3 is 0 Å². The number of rotatable bonds is 6. The van der Waals surface area contributed by atoms with Crippen molar-refractivity contribution in [3.63, 3.8) is 0 Å². The largest absolute Gasteiger partial charge is 0.494 e. The van der Waals surface area contributed by atoms with Crippen LogP contribution in [-0.4, -0.2) is 50.3 Å². The van der Waals surface area contributed by atoms with E-state index in [1.807, 2.05) is 6.92 Å². The van der Waals surface area contributed by atoms with Gasteiger partial charge in [0.25, 0.3) is 5.91 Å². The number of anilines is 2. The van der Waals surface area contributed by atoms with Crippen molar-refractivity contribution in [2.75, 3.05) is 30.3 Å². The highest BCUT2D eigenvalue weighted by molar-refractivity contribution is 7.89. The Kier molecular flexibility index (Phi) is 6.57. The van der Waals surface area contributed by atoms with E-state index in [-0.39, 0.29) is 35.7 Å². The number of hydrogen-bond acceptors (Lipinski definition) is 6. The summed E-state index contributed by atoms with van der Waals surface area (Å²) in [6.07, 6.45) is 0.210. The third-order valence-corrected chi connectivity index (χ3v) is 7.67. The summed E-state index contributed by atoms with van der Waals surface area (Å²) in [5.41, 5.74) is 1.01. The van der Waals surface area contributed by atoms with Crippen LogP contribution in [0.1, 0.15) is 26.7 Å². The molecule has 0 bridgehead atoms. The number of sulfonamides is 1. The first-order chi connectivity index (χ1) is 15.8. The molecule has 2 aliphatic heterocycles. The van der Waals surface area contributed by atoms with Gasteiger partial charge in [-0.1, -0.05) is 0 Å². The van der Waals surface area contributed by atoms with Crippen LogP contribution >= 0.6 is 0 Å². The summed E-state index contributed by atoms with van der Waals surface area (Å²) < 4.78 is 38.5. The highest BCUT2D eigenvalue weighted by Crippen LogP contribution is 2.33. The van der Waals surface area contributed by atoms with E-state index in [1.54, 1.807) is 37.3 Å². The number of nitrogens with zero attached hydrogens (tertiary/aromatic N) is 1. The van der Waals surface area contributed by atoms with Gasteiger partial charge in [0.1, 0.15) is 11.5 Å². The van der Waals surface area contributed by atoms with E-state index in [1.165, 1.54) is 16.4 Å². The lowest BCUT2D eigenvalue weighted by atomic mass is 9.97. The molecule has 2 N–H and O–H groups in total. The van der Waals surface area contributed by atoms with E-state index >= 15 is 0 Å². The van der Waals surface area contributed by atoms with Gasteiger partial charge in [0.15, 0.2) is 6.10 Å².